The van der Waals surface area contributed by atoms with Crippen LogP contribution in [0.25, 0.3) is 0 Å². The Kier molecular flexibility index (Phi) is 7.35. The number of nitrogens with zero attached hydrogens (tertiary/aromatic N) is 2. The van der Waals surface area contributed by atoms with Crippen molar-refractivity contribution in [2.75, 3.05) is 25.0 Å². The van der Waals surface area contributed by atoms with E-state index in [9.17, 15) is 13.2 Å². The Morgan fingerprint density at radius 3 is 2.26 bits per heavy atom. The monoisotopic (exact) mass is 502 g/mol. The molecule has 0 aliphatic heterocycles. The Morgan fingerprint density at radius 1 is 0.968 bits per heavy atom. The summed E-state index contributed by atoms with van der Waals surface area (Å²) >= 11 is 3.38. The topological polar surface area (TPSA) is 66.9 Å². The molecule has 0 fully saturated rings. The third kappa shape index (κ3) is 5.65. The Balaban J connectivity index is 1.86. The highest BCUT2D eigenvalue weighted by atomic mass is 79.9. The number of halogens is 1. The SMILES string of the molecule is COc1ccc(CN(C)C(=O)CN(c2cccc(Br)c2)S(=O)(=O)c2ccccc2)cc1. The van der Waals surface area contributed by atoms with Crippen molar-refractivity contribution in [3.05, 3.63) is 88.9 Å². The van der Waals surface area contributed by atoms with Gasteiger partial charge in [-0.05, 0) is 48.0 Å². The van der Waals surface area contributed by atoms with E-state index in [1.165, 1.54) is 17.0 Å². The predicted octanol–water partition coefficient (Wildman–Crippen LogP) is 4.31. The lowest BCUT2D eigenvalue weighted by Crippen LogP contribution is -2.41. The van der Waals surface area contributed by atoms with Gasteiger partial charge >= 0.3 is 0 Å². The molecule has 8 heteroatoms. The van der Waals surface area contributed by atoms with Gasteiger partial charge in [0.1, 0.15) is 12.3 Å². The van der Waals surface area contributed by atoms with Crippen molar-refractivity contribution in [3.63, 3.8) is 0 Å². The van der Waals surface area contributed by atoms with E-state index in [4.69, 9.17) is 4.74 Å². The van der Waals surface area contributed by atoms with Crippen LogP contribution in [0, 0.1) is 0 Å². The summed E-state index contributed by atoms with van der Waals surface area (Å²) in [5.41, 5.74) is 1.32. The smallest absolute Gasteiger partial charge is 0.264 e. The maximum absolute atomic E-state index is 13.4. The van der Waals surface area contributed by atoms with Gasteiger partial charge in [0.25, 0.3) is 10.0 Å². The molecule has 0 radical (unpaired) electrons. The zero-order valence-electron chi connectivity index (χ0n) is 17.2. The van der Waals surface area contributed by atoms with Gasteiger partial charge in [-0.15, -0.1) is 0 Å². The summed E-state index contributed by atoms with van der Waals surface area (Å²) in [6, 6.07) is 22.4. The number of rotatable bonds is 8. The Bertz CT molecular complexity index is 1140. The summed E-state index contributed by atoms with van der Waals surface area (Å²) in [6.07, 6.45) is 0. The lowest BCUT2D eigenvalue weighted by Gasteiger charge is -2.27. The first-order valence-electron chi connectivity index (χ1n) is 9.51. The fourth-order valence-electron chi connectivity index (χ4n) is 3.00. The number of hydrogen-bond donors (Lipinski definition) is 0. The van der Waals surface area contributed by atoms with Crippen LogP contribution in [0.2, 0.25) is 0 Å². The lowest BCUT2D eigenvalue weighted by atomic mass is 10.2. The normalized spacial score (nSPS) is 11.1. The Morgan fingerprint density at radius 2 is 1.65 bits per heavy atom. The molecule has 0 aliphatic rings. The minimum Gasteiger partial charge on any atom is -0.497 e. The van der Waals surface area contributed by atoms with Crippen molar-refractivity contribution >= 4 is 37.5 Å². The van der Waals surface area contributed by atoms with Gasteiger partial charge in [0.2, 0.25) is 5.91 Å². The average molecular weight is 503 g/mol. The molecule has 3 aromatic rings. The van der Waals surface area contributed by atoms with E-state index in [1.54, 1.807) is 56.6 Å². The van der Waals surface area contributed by atoms with Crippen LogP contribution in [0.15, 0.2) is 88.2 Å². The van der Waals surface area contributed by atoms with Crippen LogP contribution in [-0.2, 0) is 21.4 Å². The molecule has 0 saturated heterocycles. The molecule has 0 saturated carbocycles. The van der Waals surface area contributed by atoms with E-state index >= 15 is 0 Å². The molecule has 3 rings (SSSR count). The van der Waals surface area contributed by atoms with Crippen LogP contribution in [0.4, 0.5) is 5.69 Å². The number of carbonyl (C=O) groups is 1. The zero-order chi connectivity index (χ0) is 22.4. The number of sulfonamides is 1. The summed E-state index contributed by atoms with van der Waals surface area (Å²) in [7, 11) is -0.688. The van der Waals surface area contributed by atoms with Gasteiger partial charge in [0.05, 0.1) is 17.7 Å². The molecule has 6 nitrogen and oxygen atoms in total. The van der Waals surface area contributed by atoms with E-state index in [2.05, 4.69) is 15.9 Å². The van der Waals surface area contributed by atoms with Gasteiger partial charge in [-0.2, -0.15) is 0 Å². The molecule has 31 heavy (non-hydrogen) atoms. The van der Waals surface area contributed by atoms with E-state index in [0.717, 1.165) is 20.1 Å². The van der Waals surface area contributed by atoms with E-state index in [1.807, 2.05) is 24.3 Å². The van der Waals surface area contributed by atoms with Crippen LogP contribution in [0.3, 0.4) is 0 Å². The molecule has 0 atom stereocenters. The number of hydrogen-bond acceptors (Lipinski definition) is 4. The molecule has 1 amide bonds. The molecule has 0 spiro atoms. The fraction of sp³-hybridized carbons (Fsp3) is 0.174. The first-order valence-corrected chi connectivity index (χ1v) is 11.7. The standard InChI is InChI=1S/C23H23BrN2O4S/c1-25(16-18-11-13-21(30-2)14-12-18)23(27)17-26(20-8-6-7-19(24)15-20)31(28,29)22-9-4-3-5-10-22/h3-15H,16-17H2,1-2H3. The highest BCUT2D eigenvalue weighted by Crippen LogP contribution is 2.26. The molecular formula is C23H23BrN2O4S. The highest BCUT2D eigenvalue weighted by molar-refractivity contribution is 9.10. The number of likely N-dealkylation sites (N-methyl/N-ethyl adjacent to an activating group) is 1. The van der Waals surface area contributed by atoms with Crippen LogP contribution >= 0.6 is 15.9 Å². The summed E-state index contributed by atoms with van der Waals surface area (Å²) in [5, 5.41) is 0. The molecule has 162 valence electrons. The number of amides is 1. The zero-order valence-corrected chi connectivity index (χ0v) is 19.6. The fourth-order valence-corrected chi connectivity index (χ4v) is 4.82. The third-order valence-corrected chi connectivity index (χ3v) is 6.99. The average Bonchev–Trinajstić information content (AvgIpc) is 2.78. The van der Waals surface area contributed by atoms with Crippen LogP contribution in [0.5, 0.6) is 5.75 Å². The molecule has 0 bridgehead atoms. The number of carbonyl (C=O) groups excluding carboxylic acids is 1. The van der Waals surface area contributed by atoms with Crippen molar-refractivity contribution in [2.24, 2.45) is 0 Å². The molecule has 3 aromatic carbocycles. The van der Waals surface area contributed by atoms with E-state index in [0.29, 0.717) is 12.2 Å². The summed E-state index contributed by atoms with van der Waals surface area (Å²) in [6.45, 7) is 0.0286. The Hall–Kier alpha value is -2.84. The number of methoxy groups -OCH3 is 1. The number of ether oxygens (including phenoxy) is 1. The molecule has 0 heterocycles. The summed E-state index contributed by atoms with van der Waals surface area (Å²) in [5.74, 6) is 0.405. The Labute approximate surface area is 191 Å². The predicted molar refractivity (Wildman–Crippen MR) is 125 cm³/mol. The van der Waals surface area contributed by atoms with Crippen LogP contribution in [0.1, 0.15) is 5.56 Å². The van der Waals surface area contributed by atoms with Gasteiger partial charge in [0.15, 0.2) is 0 Å². The van der Waals surface area contributed by atoms with Gasteiger partial charge in [-0.25, -0.2) is 8.42 Å². The van der Waals surface area contributed by atoms with Crippen molar-refractivity contribution < 1.29 is 17.9 Å². The summed E-state index contributed by atoms with van der Waals surface area (Å²) in [4.78, 5) is 14.6. The largest absolute Gasteiger partial charge is 0.497 e. The second kappa shape index (κ2) is 9.98. The van der Waals surface area contributed by atoms with Crippen molar-refractivity contribution in [2.45, 2.75) is 11.4 Å². The molecule has 0 unspecified atom stereocenters. The molecule has 0 aromatic heterocycles. The second-order valence-corrected chi connectivity index (χ2v) is 9.68. The van der Waals surface area contributed by atoms with Crippen molar-refractivity contribution in [3.8, 4) is 5.75 Å². The number of anilines is 1. The number of benzene rings is 3. The molecule has 0 N–H and O–H groups in total. The lowest BCUT2D eigenvalue weighted by molar-refractivity contribution is -0.128. The van der Waals surface area contributed by atoms with E-state index < -0.39 is 10.0 Å². The quantitative estimate of drug-likeness (QED) is 0.460. The van der Waals surface area contributed by atoms with E-state index in [-0.39, 0.29) is 17.3 Å². The van der Waals surface area contributed by atoms with Crippen LogP contribution in [-0.4, -0.2) is 39.9 Å². The first kappa shape index (κ1) is 22.8. The first-order chi connectivity index (χ1) is 14.8. The van der Waals surface area contributed by atoms with Crippen molar-refractivity contribution in [1.29, 1.82) is 0 Å². The molecule has 0 aliphatic carbocycles. The second-order valence-electron chi connectivity index (χ2n) is 6.90. The minimum atomic E-state index is -3.93. The minimum absolute atomic E-state index is 0.126. The van der Waals surface area contributed by atoms with Crippen molar-refractivity contribution in [1.82, 2.24) is 4.90 Å². The summed E-state index contributed by atoms with van der Waals surface area (Å²) < 4.78 is 33.7. The van der Waals surface area contributed by atoms with Crippen LogP contribution < -0.4 is 9.04 Å². The highest BCUT2D eigenvalue weighted by Gasteiger charge is 2.28. The third-order valence-electron chi connectivity index (χ3n) is 4.71. The molecular weight excluding hydrogens is 480 g/mol. The maximum Gasteiger partial charge on any atom is 0.264 e. The maximum atomic E-state index is 13.4. The van der Waals surface area contributed by atoms with Gasteiger partial charge < -0.3 is 9.64 Å². The van der Waals surface area contributed by atoms with Gasteiger partial charge in [0, 0.05) is 18.1 Å². The van der Waals surface area contributed by atoms with Gasteiger partial charge in [-0.1, -0.05) is 52.3 Å². The van der Waals surface area contributed by atoms with Gasteiger partial charge in [-0.3, -0.25) is 9.10 Å².